The van der Waals surface area contributed by atoms with E-state index >= 15 is 0 Å². The lowest BCUT2D eigenvalue weighted by Crippen LogP contribution is -2.33. The standard InChI is InChI=1S/C16H22N4O2S/c1-3-11(2)17-14(21)10-23-16-19-18-15(12-6-7-12)20(16)9-13-5-4-8-22-13/h4-5,8,11-12H,3,6-7,9-10H2,1-2H3,(H,17,21). The third-order valence-corrected chi connectivity index (χ3v) is 4.90. The summed E-state index contributed by atoms with van der Waals surface area (Å²) in [6, 6.07) is 4.02. The van der Waals surface area contributed by atoms with Crippen LogP contribution in [0, 0.1) is 0 Å². The predicted molar refractivity (Wildman–Crippen MR) is 88.4 cm³/mol. The van der Waals surface area contributed by atoms with E-state index in [4.69, 9.17) is 4.42 Å². The lowest BCUT2D eigenvalue weighted by Gasteiger charge is -2.11. The Bertz CT molecular complexity index is 649. The van der Waals surface area contributed by atoms with E-state index in [0.717, 1.165) is 36.0 Å². The maximum absolute atomic E-state index is 12.0. The monoisotopic (exact) mass is 334 g/mol. The van der Waals surface area contributed by atoms with Crippen LogP contribution >= 0.6 is 11.8 Å². The molecular weight excluding hydrogens is 312 g/mol. The van der Waals surface area contributed by atoms with E-state index in [0.29, 0.717) is 18.2 Å². The molecule has 1 fully saturated rings. The van der Waals surface area contributed by atoms with Crippen LogP contribution in [-0.4, -0.2) is 32.5 Å². The molecule has 1 amide bonds. The normalized spacial score (nSPS) is 15.6. The van der Waals surface area contributed by atoms with Gasteiger partial charge in [0, 0.05) is 12.0 Å². The van der Waals surface area contributed by atoms with Gasteiger partial charge in [-0.25, -0.2) is 0 Å². The number of carbonyl (C=O) groups is 1. The summed E-state index contributed by atoms with van der Waals surface area (Å²) in [5, 5.41) is 12.4. The number of thioether (sulfide) groups is 1. The number of carbonyl (C=O) groups excluding carboxylic acids is 1. The van der Waals surface area contributed by atoms with Crippen molar-refractivity contribution in [3.63, 3.8) is 0 Å². The summed E-state index contributed by atoms with van der Waals surface area (Å²) in [5.74, 6) is 2.76. The van der Waals surface area contributed by atoms with Gasteiger partial charge in [0.25, 0.3) is 0 Å². The first kappa shape index (κ1) is 16.1. The van der Waals surface area contributed by atoms with Gasteiger partial charge >= 0.3 is 0 Å². The average Bonchev–Trinajstić information content (AvgIpc) is 3.11. The second kappa shape index (κ2) is 7.21. The van der Waals surface area contributed by atoms with Crippen LogP contribution in [0.25, 0.3) is 0 Å². The molecule has 1 aliphatic carbocycles. The summed E-state index contributed by atoms with van der Waals surface area (Å²) in [5.41, 5.74) is 0. The molecule has 7 heteroatoms. The Morgan fingerprint density at radius 2 is 2.35 bits per heavy atom. The molecule has 0 aliphatic heterocycles. The van der Waals surface area contributed by atoms with Gasteiger partial charge in [0.15, 0.2) is 5.16 Å². The highest BCUT2D eigenvalue weighted by Crippen LogP contribution is 2.40. The number of furan rings is 1. The van der Waals surface area contributed by atoms with Gasteiger partial charge in [-0.2, -0.15) is 0 Å². The van der Waals surface area contributed by atoms with E-state index < -0.39 is 0 Å². The lowest BCUT2D eigenvalue weighted by atomic mass is 10.3. The Morgan fingerprint density at radius 3 is 3.00 bits per heavy atom. The highest BCUT2D eigenvalue weighted by atomic mass is 32.2. The summed E-state index contributed by atoms with van der Waals surface area (Å²) in [7, 11) is 0. The Kier molecular flexibility index (Phi) is 5.05. The summed E-state index contributed by atoms with van der Waals surface area (Å²) in [4.78, 5) is 12.0. The second-order valence-corrected chi connectivity index (χ2v) is 6.89. The fourth-order valence-corrected chi connectivity index (χ4v) is 3.06. The van der Waals surface area contributed by atoms with Gasteiger partial charge < -0.3 is 9.73 Å². The van der Waals surface area contributed by atoms with Gasteiger partial charge in [-0.3, -0.25) is 9.36 Å². The minimum absolute atomic E-state index is 0.0323. The predicted octanol–water partition coefficient (Wildman–Crippen LogP) is 2.80. The molecule has 0 aromatic carbocycles. The molecule has 124 valence electrons. The van der Waals surface area contributed by atoms with Crippen molar-refractivity contribution in [3.05, 3.63) is 30.0 Å². The third-order valence-electron chi connectivity index (χ3n) is 3.93. The number of hydrogen-bond acceptors (Lipinski definition) is 5. The van der Waals surface area contributed by atoms with Crippen molar-refractivity contribution in [2.45, 2.75) is 56.8 Å². The highest BCUT2D eigenvalue weighted by Gasteiger charge is 2.30. The maximum atomic E-state index is 12.0. The fourth-order valence-electron chi connectivity index (χ4n) is 2.31. The molecule has 0 saturated heterocycles. The molecule has 0 spiro atoms. The van der Waals surface area contributed by atoms with Gasteiger partial charge in [0.2, 0.25) is 5.91 Å². The zero-order valence-corrected chi connectivity index (χ0v) is 14.3. The Hall–Kier alpha value is -1.76. The zero-order valence-electron chi connectivity index (χ0n) is 13.5. The van der Waals surface area contributed by atoms with Gasteiger partial charge in [-0.1, -0.05) is 18.7 Å². The van der Waals surface area contributed by atoms with Crippen molar-refractivity contribution in [2.75, 3.05) is 5.75 Å². The minimum Gasteiger partial charge on any atom is -0.467 e. The fraction of sp³-hybridized carbons (Fsp3) is 0.562. The van der Waals surface area contributed by atoms with E-state index in [1.165, 1.54) is 11.8 Å². The second-order valence-electron chi connectivity index (χ2n) is 5.95. The third kappa shape index (κ3) is 4.16. The Morgan fingerprint density at radius 1 is 1.52 bits per heavy atom. The van der Waals surface area contributed by atoms with Crippen LogP contribution in [0.15, 0.2) is 28.0 Å². The van der Waals surface area contributed by atoms with Crippen LogP contribution in [0.5, 0.6) is 0 Å². The molecule has 2 heterocycles. The van der Waals surface area contributed by atoms with Gasteiger partial charge in [0.1, 0.15) is 11.6 Å². The van der Waals surface area contributed by atoms with Gasteiger partial charge in [0.05, 0.1) is 18.6 Å². The molecule has 6 nitrogen and oxygen atoms in total. The first-order chi connectivity index (χ1) is 11.2. The number of nitrogens with one attached hydrogen (secondary N) is 1. The number of hydrogen-bond donors (Lipinski definition) is 1. The number of aromatic nitrogens is 3. The maximum Gasteiger partial charge on any atom is 0.230 e. The van der Waals surface area contributed by atoms with Crippen molar-refractivity contribution in [1.29, 1.82) is 0 Å². The quantitative estimate of drug-likeness (QED) is 0.752. The summed E-state index contributed by atoms with van der Waals surface area (Å²) >= 11 is 1.43. The Balaban J connectivity index is 1.67. The van der Waals surface area contributed by atoms with Crippen molar-refractivity contribution >= 4 is 17.7 Å². The smallest absolute Gasteiger partial charge is 0.230 e. The SMILES string of the molecule is CCC(C)NC(=O)CSc1nnc(C2CC2)n1Cc1ccco1. The molecule has 1 aliphatic rings. The molecule has 0 radical (unpaired) electrons. The Labute approximate surface area is 140 Å². The summed E-state index contributed by atoms with van der Waals surface area (Å²) in [6.07, 6.45) is 4.92. The first-order valence-corrected chi connectivity index (χ1v) is 9.03. The van der Waals surface area contributed by atoms with E-state index in [9.17, 15) is 4.79 Å². The van der Waals surface area contributed by atoms with Crippen LogP contribution in [0.1, 0.15) is 50.6 Å². The van der Waals surface area contributed by atoms with E-state index in [1.54, 1.807) is 6.26 Å². The molecule has 1 saturated carbocycles. The van der Waals surface area contributed by atoms with Gasteiger partial charge in [-0.05, 0) is 38.3 Å². The van der Waals surface area contributed by atoms with Crippen LogP contribution in [0.3, 0.4) is 0 Å². The molecule has 2 aromatic heterocycles. The van der Waals surface area contributed by atoms with Crippen LogP contribution in [0.2, 0.25) is 0 Å². The lowest BCUT2D eigenvalue weighted by molar-refractivity contribution is -0.119. The van der Waals surface area contributed by atoms with E-state index in [1.807, 2.05) is 19.1 Å². The van der Waals surface area contributed by atoms with Crippen molar-refractivity contribution < 1.29 is 9.21 Å². The van der Waals surface area contributed by atoms with Gasteiger partial charge in [-0.15, -0.1) is 10.2 Å². The van der Waals surface area contributed by atoms with Crippen LogP contribution in [0.4, 0.5) is 0 Å². The molecule has 0 bridgehead atoms. The largest absolute Gasteiger partial charge is 0.467 e. The van der Waals surface area contributed by atoms with Crippen LogP contribution in [-0.2, 0) is 11.3 Å². The average molecular weight is 334 g/mol. The minimum atomic E-state index is 0.0323. The van der Waals surface area contributed by atoms with E-state index in [-0.39, 0.29) is 11.9 Å². The topological polar surface area (TPSA) is 73.0 Å². The molecule has 1 unspecified atom stereocenters. The number of amides is 1. The van der Waals surface area contributed by atoms with E-state index in [2.05, 4.69) is 27.0 Å². The number of nitrogens with zero attached hydrogens (tertiary/aromatic N) is 3. The number of rotatable bonds is 8. The van der Waals surface area contributed by atoms with Crippen molar-refractivity contribution in [1.82, 2.24) is 20.1 Å². The molecule has 23 heavy (non-hydrogen) atoms. The highest BCUT2D eigenvalue weighted by molar-refractivity contribution is 7.99. The van der Waals surface area contributed by atoms with Crippen molar-refractivity contribution in [2.24, 2.45) is 0 Å². The van der Waals surface area contributed by atoms with Crippen LogP contribution < -0.4 is 5.32 Å². The molecule has 1 atom stereocenters. The molecule has 1 N–H and O–H groups in total. The molecule has 2 aromatic rings. The molecular formula is C16H22N4O2S. The zero-order chi connectivity index (χ0) is 16.2. The first-order valence-electron chi connectivity index (χ1n) is 8.05. The summed E-state index contributed by atoms with van der Waals surface area (Å²) < 4.78 is 7.53. The summed E-state index contributed by atoms with van der Waals surface area (Å²) in [6.45, 7) is 4.67. The van der Waals surface area contributed by atoms with Crippen molar-refractivity contribution in [3.8, 4) is 0 Å². The molecule has 3 rings (SSSR count).